The van der Waals surface area contributed by atoms with Crippen LogP contribution in [-0.2, 0) is 19.1 Å². The van der Waals surface area contributed by atoms with Crippen molar-refractivity contribution in [3.8, 4) is 0 Å². The summed E-state index contributed by atoms with van der Waals surface area (Å²) in [6.07, 6.45) is 3.31. The molecule has 3 rings (SSSR count). The van der Waals surface area contributed by atoms with E-state index in [9.17, 15) is 9.59 Å². The van der Waals surface area contributed by atoms with Crippen LogP contribution in [0.4, 0.5) is 0 Å². The van der Waals surface area contributed by atoms with E-state index in [2.05, 4.69) is 6.92 Å². The zero-order valence-corrected chi connectivity index (χ0v) is 11.8. The Balaban J connectivity index is 1.70. The van der Waals surface area contributed by atoms with Crippen LogP contribution < -0.4 is 0 Å². The van der Waals surface area contributed by atoms with Gasteiger partial charge in [0, 0.05) is 5.41 Å². The molecule has 1 unspecified atom stereocenters. The molecule has 0 bridgehead atoms. The van der Waals surface area contributed by atoms with Crippen molar-refractivity contribution in [2.24, 2.45) is 29.1 Å². The molecule has 4 heteroatoms. The summed E-state index contributed by atoms with van der Waals surface area (Å²) in [5, 5.41) is 0. The van der Waals surface area contributed by atoms with Gasteiger partial charge in [-0.15, -0.1) is 0 Å². The fourth-order valence-corrected chi connectivity index (χ4v) is 4.48. The maximum atomic E-state index is 12.0. The molecule has 1 saturated heterocycles. The summed E-state index contributed by atoms with van der Waals surface area (Å²) in [6.45, 7) is 5.98. The smallest absolute Gasteiger partial charge is 0.310 e. The standard InChI is InChI=1S/C15H22O4/c1-8(2)13(16)18-7-11-15(3)10-6-4-5-9(10)12(15)14(17)19-11/h8-12H,4-7H2,1-3H3/t9-,10+,11?,12-,15+/m0/s1. The molecule has 3 fully saturated rings. The lowest BCUT2D eigenvalue weighted by Gasteiger charge is -2.53. The van der Waals surface area contributed by atoms with Gasteiger partial charge in [-0.1, -0.05) is 27.2 Å². The molecular weight excluding hydrogens is 244 g/mol. The van der Waals surface area contributed by atoms with Crippen LogP contribution in [0.25, 0.3) is 0 Å². The Morgan fingerprint density at radius 1 is 1.47 bits per heavy atom. The molecule has 0 radical (unpaired) electrons. The minimum atomic E-state index is -0.243. The Hall–Kier alpha value is -1.06. The summed E-state index contributed by atoms with van der Waals surface area (Å²) in [5.41, 5.74) is -0.102. The van der Waals surface area contributed by atoms with E-state index in [1.807, 2.05) is 13.8 Å². The van der Waals surface area contributed by atoms with Crippen molar-refractivity contribution < 1.29 is 19.1 Å². The van der Waals surface area contributed by atoms with Crippen LogP contribution in [0.3, 0.4) is 0 Å². The number of ether oxygens (including phenoxy) is 2. The van der Waals surface area contributed by atoms with E-state index in [4.69, 9.17) is 9.47 Å². The number of cyclic esters (lactones) is 1. The number of hydrogen-bond donors (Lipinski definition) is 0. The summed E-state index contributed by atoms with van der Waals surface area (Å²) in [5.74, 6) is 0.709. The summed E-state index contributed by atoms with van der Waals surface area (Å²) >= 11 is 0. The number of carbonyl (C=O) groups is 2. The molecule has 2 saturated carbocycles. The quantitative estimate of drug-likeness (QED) is 0.735. The number of esters is 2. The van der Waals surface area contributed by atoms with Gasteiger partial charge in [0.25, 0.3) is 0 Å². The maximum absolute atomic E-state index is 12.0. The fourth-order valence-electron chi connectivity index (χ4n) is 4.48. The average Bonchev–Trinajstić information content (AvgIpc) is 2.85. The SMILES string of the molecule is CC(C)C(=O)OCC1OC(=O)[C@@H]2[C@H]3CCC[C@H]3[C@]12C. The lowest BCUT2D eigenvalue weighted by atomic mass is 9.48. The van der Waals surface area contributed by atoms with Crippen LogP contribution >= 0.6 is 0 Å². The Bertz CT molecular complexity index is 416. The van der Waals surface area contributed by atoms with Crippen molar-refractivity contribution in [1.82, 2.24) is 0 Å². The molecule has 0 N–H and O–H groups in total. The molecule has 0 amide bonds. The van der Waals surface area contributed by atoms with E-state index >= 15 is 0 Å². The van der Waals surface area contributed by atoms with Crippen LogP contribution in [0.1, 0.15) is 40.0 Å². The number of carbonyl (C=O) groups excluding carboxylic acids is 2. The molecule has 0 aromatic carbocycles. The van der Waals surface area contributed by atoms with E-state index in [0.29, 0.717) is 11.8 Å². The zero-order valence-electron chi connectivity index (χ0n) is 11.8. The Morgan fingerprint density at radius 3 is 2.89 bits per heavy atom. The molecule has 5 atom stereocenters. The van der Waals surface area contributed by atoms with E-state index in [-0.39, 0.29) is 41.9 Å². The highest BCUT2D eigenvalue weighted by molar-refractivity contribution is 5.79. The zero-order chi connectivity index (χ0) is 13.8. The average molecular weight is 266 g/mol. The van der Waals surface area contributed by atoms with Crippen LogP contribution in [0.15, 0.2) is 0 Å². The second-order valence-corrected chi connectivity index (χ2v) is 6.76. The molecule has 4 nitrogen and oxygen atoms in total. The topological polar surface area (TPSA) is 52.6 Å². The molecule has 1 aliphatic heterocycles. The van der Waals surface area contributed by atoms with Crippen LogP contribution in [0, 0.1) is 29.1 Å². The number of hydrogen-bond acceptors (Lipinski definition) is 4. The highest BCUT2D eigenvalue weighted by Crippen LogP contribution is 2.68. The Labute approximate surface area is 113 Å². The molecule has 106 valence electrons. The fraction of sp³-hybridized carbons (Fsp3) is 0.867. The van der Waals surface area contributed by atoms with Crippen molar-refractivity contribution >= 4 is 11.9 Å². The Morgan fingerprint density at radius 2 is 2.21 bits per heavy atom. The predicted molar refractivity (Wildman–Crippen MR) is 68.1 cm³/mol. The van der Waals surface area contributed by atoms with Crippen molar-refractivity contribution in [2.45, 2.75) is 46.1 Å². The first kappa shape index (κ1) is 12.9. The molecule has 19 heavy (non-hydrogen) atoms. The first-order valence-electron chi connectivity index (χ1n) is 7.33. The third-order valence-electron chi connectivity index (χ3n) is 5.52. The van der Waals surface area contributed by atoms with Gasteiger partial charge in [0.1, 0.15) is 12.7 Å². The van der Waals surface area contributed by atoms with Crippen molar-refractivity contribution in [1.29, 1.82) is 0 Å². The summed E-state index contributed by atoms with van der Waals surface area (Å²) in [4.78, 5) is 23.6. The van der Waals surface area contributed by atoms with Crippen LogP contribution in [0.2, 0.25) is 0 Å². The second-order valence-electron chi connectivity index (χ2n) is 6.76. The minimum Gasteiger partial charge on any atom is -0.462 e. The molecular formula is C15H22O4. The molecule has 2 aliphatic carbocycles. The van der Waals surface area contributed by atoms with Crippen molar-refractivity contribution in [3.05, 3.63) is 0 Å². The minimum absolute atomic E-state index is 0.0442. The van der Waals surface area contributed by atoms with Gasteiger partial charge in [-0.2, -0.15) is 0 Å². The van der Waals surface area contributed by atoms with E-state index in [1.165, 1.54) is 12.8 Å². The summed E-state index contributed by atoms with van der Waals surface area (Å²) in [7, 11) is 0. The highest BCUT2D eigenvalue weighted by Gasteiger charge is 2.71. The molecule has 0 spiro atoms. The van der Waals surface area contributed by atoms with Gasteiger partial charge in [0.2, 0.25) is 0 Å². The highest BCUT2D eigenvalue weighted by atomic mass is 16.6. The van der Waals surface area contributed by atoms with E-state index in [0.717, 1.165) is 6.42 Å². The van der Waals surface area contributed by atoms with Crippen LogP contribution in [0.5, 0.6) is 0 Å². The van der Waals surface area contributed by atoms with Gasteiger partial charge >= 0.3 is 11.9 Å². The largest absolute Gasteiger partial charge is 0.462 e. The van der Waals surface area contributed by atoms with Gasteiger partial charge in [0.15, 0.2) is 0 Å². The van der Waals surface area contributed by atoms with Crippen LogP contribution in [-0.4, -0.2) is 24.6 Å². The molecule has 0 aromatic rings. The molecule has 1 heterocycles. The molecule has 0 aromatic heterocycles. The third-order valence-corrected chi connectivity index (χ3v) is 5.52. The second kappa shape index (κ2) is 4.22. The normalized spacial score (nSPS) is 43.5. The van der Waals surface area contributed by atoms with Crippen molar-refractivity contribution in [3.63, 3.8) is 0 Å². The third kappa shape index (κ3) is 1.65. The predicted octanol–water partition coefficient (Wildman–Crippen LogP) is 2.16. The lowest BCUT2D eigenvalue weighted by Crippen LogP contribution is -2.56. The maximum Gasteiger partial charge on any atom is 0.310 e. The molecule has 3 aliphatic rings. The number of fused-ring (bicyclic) bond motifs is 4. The van der Waals surface area contributed by atoms with Gasteiger partial charge in [0.05, 0.1) is 11.8 Å². The monoisotopic (exact) mass is 266 g/mol. The van der Waals surface area contributed by atoms with Gasteiger partial charge in [-0.3, -0.25) is 9.59 Å². The van der Waals surface area contributed by atoms with Gasteiger partial charge in [-0.25, -0.2) is 0 Å². The van der Waals surface area contributed by atoms with E-state index in [1.54, 1.807) is 0 Å². The van der Waals surface area contributed by atoms with Gasteiger partial charge < -0.3 is 9.47 Å². The summed E-state index contributed by atoms with van der Waals surface area (Å²) < 4.78 is 10.8. The van der Waals surface area contributed by atoms with Crippen molar-refractivity contribution in [2.75, 3.05) is 6.61 Å². The first-order chi connectivity index (χ1) is 8.96. The first-order valence-corrected chi connectivity index (χ1v) is 7.33. The van der Waals surface area contributed by atoms with Gasteiger partial charge in [-0.05, 0) is 24.7 Å². The lowest BCUT2D eigenvalue weighted by molar-refractivity contribution is -0.158. The van der Waals surface area contributed by atoms with E-state index < -0.39 is 0 Å². The summed E-state index contributed by atoms with van der Waals surface area (Å²) in [6, 6.07) is 0. The number of rotatable bonds is 3. The Kier molecular flexibility index (Phi) is 2.88.